The third kappa shape index (κ3) is 3.95. The zero-order chi connectivity index (χ0) is 12.0. The molecule has 4 heteroatoms. The maximum Gasteiger partial charge on any atom is 0.251 e. The molecule has 0 aromatic heterocycles. The Morgan fingerprint density at radius 1 is 1.50 bits per heavy atom. The van der Waals surface area contributed by atoms with Gasteiger partial charge >= 0.3 is 0 Å². The van der Waals surface area contributed by atoms with Gasteiger partial charge in [0.2, 0.25) is 0 Å². The van der Waals surface area contributed by atoms with Gasteiger partial charge in [0.05, 0.1) is 0 Å². The van der Waals surface area contributed by atoms with E-state index in [1.807, 2.05) is 18.7 Å². The molecule has 1 amide bonds. The molecule has 94 valence electrons. The minimum Gasteiger partial charge on any atom is -0.368 e. The lowest BCUT2D eigenvalue weighted by Gasteiger charge is -2.32. The Balaban J connectivity index is 2.51. The Kier molecular flexibility index (Phi) is 6.14. The standard InChI is InChI=1S/C12H22ClNO2/c1-10(2)14(8-5-7-13)12(15)11-6-3-4-9-16-11/h10-11H,3-9H2,1-2H3. The number of nitrogens with zero attached hydrogens (tertiary/aromatic N) is 1. The van der Waals surface area contributed by atoms with E-state index in [0.717, 1.165) is 38.8 Å². The van der Waals surface area contributed by atoms with Gasteiger partial charge in [0.25, 0.3) is 5.91 Å². The highest BCUT2D eigenvalue weighted by Gasteiger charge is 2.27. The molecule has 0 radical (unpaired) electrons. The number of alkyl halides is 1. The van der Waals surface area contributed by atoms with E-state index in [4.69, 9.17) is 16.3 Å². The highest BCUT2D eigenvalue weighted by molar-refractivity contribution is 6.17. The molecule has 0 saturated carbocycles. The lowest BCUT2D eigenvalue weighted by Crippen LogP contribution is -2.45. The SMILES string of the molecule is CC(C)N(CCCCl)C(=O)C1CCCCO1. The van der Waals surface area contributed by atoms with Crippen LogP contribution in [0.15, 0.2) is 0 Å². The van der Waals surface area contributed by atoms with Crippen molar-refractivity contribution < 1.29 is 9.53 Å². The van der Waals surface area contributed by atoms with Crippen LogP contribution in [-0.2, 0) is 9.53 Å². The first-order valence-corrected chi connectivity index (χ1v) is 6.68. The summed E-state index contributed by atoms with van der Waals surface area (Å²) in [5, 5.41) is 0. The molecular formula is C12H22ClNO2. The summed E-state index contributed by atoms with van der Waals surface area (Å²) < 4.78 is 5.53. The quantitative estimate of drug-likeness (QED) is 0.699. The topological polar surface area (TPSA) is 29.5 Å². The summed E-state index contributed by atoms with van der Waals surface area (Å²) >= 11 is 5.67. The fourth-order valence-electron chi connectivity index (χ4n) is 1.97. The van der Waals surface area contributed by atoms with Crippen molar-refractivity contribution in [3.05, 3.63) is 0 Å². The summed E-state index contributed by atoms with van der Waals surface area (Å²) in [7, 11) is 0. The maximum absolute atomic E-state index is 12.2. The normalized spacial score (nSPS) is 21.1. The van der Waals surface area contributed by atoms with Gasteiger partial charge in [-0.1, -0.05) is 0 Å². The average Bonchev–Trinajstić information content (AvgIpc) is 2.30. The molecule has 1 fully saturated rings. The second kappa shape index (κ2) is 7.13. The van der Waals surface area contributed by atoms with Crippen molar-refractivity contribution in [1.82, 2.24) is 4.90 Å². The molecule has 1 saturated heterocycles. The first kappa shape index (κ1) is 13.8. The van der Waals surface area contributed by atoms with Crippen LogP contribution in [0.3, 0.4) is 0 Å². The van der Waals surface area contributed by atoms with Crippen molar-refractivity contribution in [3.8, 4) is 0 Å². The highest BCUT2D eigenvalue weighted by Crippen LogP contribution is 2.16. The van der Waals surface area contributed by atoms with Crippen LogP contribution < -0.4 is 0 Å². The van der Waals surface area contributed by atoms with Crippen LogP contribution in [-0.4, -0.2) is 42.0 Å². The van der Waals surface area contributed by atoms with Crippen molar-refractivity contribution in [1.29, 1.82) is 0 Å². The Hall–Kier alpha value is -0.280. The van der Waals surface area contributed by atoms with Gasteiger partial charge in [0.15, 0.2) is 0 Å². The minimum absolute atomic E-state index is 0.139. The first-order valence-electron chi connectivity index (χ1n) is 6.15. The minimum atomic E-state index is -0.216. The lowest BCUT2D eigenvalue weighted by molar-refractivity contribution is -0.148. The monoisotopic (exact) mass is 247 g/mol. The van der Waals surface area contributed by atoms with Gasteiger partial charge in [0.1, 0.15) is 6.10 Å². The van der Waals surface area contributed by atoms with E-state index in [2.05, 4.69) is 0 Å². The van der Waals surface area contributed by atoms with E-state index in [-0.39, 0.29) is 18.1 Å². The molecule has 0 aromatic carbocycles. The largest absolute Gasteiger partial charge is 0.368 e. The number of carbonyl (C=O) groups is 1. The van der Waals surface area contributed by atoms with Crippen molar-refractivity contribution in [2.75, 3.05) is 19.0 Å². The van der Waals surface area contributed by atoms with E-state index in [9.17, 15) is 4.79 Å². The fourth-order valence-corrected chi connectivity index (χ4v) is 2.09. The molecule has 0 aromatic rings. The van der Waals surface area contributed by atoms with Gasteiger partial charge in [-0.25, -0.2) is 0 Å². The fraction of sp³-hybridized carbons (Fsp3) is 0.917. The van der Waals surface area contributed by atoms with Crippen LogP contribution in [0.1, 0.15) is 39.5 Å². The number of hydrogen-bond acceptors (Lipinski definition) is 2. The van der Waals surface area contributed by atoms with Crippen LogP contribution >= 0.6 is 11.6 Å². The zero-order valence-corrected chi connectivity index (χ0v) is 11.0. The van der Waals surface area contributed by atoms with Gasteiger partial charge < -0.3 is 9.64 Å². The summed E-state index contributed by atoms with van der Waals surface area (Å²) in [6.07, 6.45) is 3.66. The summed E-state index contributed by atoms with van der Waals surface area (Å²) in [6.45, 7) is 5.53. The molecule has 1 aliphatic rings. The van der Waals surface area contributed by atoms with Gasteiger partial charge in [0, 0.05) is 25.1 Å². The Bertz CT molecular complexity index is 215. The Morgan fingerprint density at radius 3 is 2.75 bits per heavy atom. The maximum atomic E-state index is 12.2. The molecule has 0 bridgehead atoms. The predicted octanol–water partition coefficient (Wildman–Crippen LogP) is 2.42. The Morgan fingerprint density at radius 2 is 2.25 bits per heavy atom. The summed E-state index contributed by atoms with van der Waals surface area (Å²) in [6, 6.07) is 0.223. The van der Waals surface area contributed by atoms with Crippen molar-refractivity contribution in [3.63, 3.8) is 0 Å². The van der Waals surface area contributed by atoms with E-state index >= 15 is 0 Å². The number of amides is 1. The summed E-state index contributed by atoms with van der Waals surface area (Å²) in [5.41, 5.74) is 0. The van der Waals surface area contributed by atoms with Crippen LogP contribution in [0.2, 0.25) is 0 Å². The van der Waals surface area contributed by atoms with E-state index in [1.165, 1.54) is 0 Å². The molecule has 1 heterocycles. The summed E-state index contributed by atoms with van der Waals surface area (Å²) in [5.74, 6) is 0.738. The van der Waals surface area contributed by atoms with Gasteiger partial charge in [-0.15, -0.1) is 11.6 Å². The van der Waals surface area contributed by atoms with Crippen molar-refractivity contribution in [2.24, 2.45) is 0 Å². The van der Waals surface area contributed by atoms with Crippen LogP contribution in [0.4, 0.5) is 0 Å². The molecule has 1 unspecified atom stereocenters. The van der Waals surface area contributed by atoms with Gasteiger partial charge in [-0.2, -0.15) is 0 Å². The third-order valence-corrected chi connectivity index (χ3v) is 3.16. The smallest absolute Gasteiger partial charge is 0.251 e. The highest BCUT2D eigenvalue weighted by atomic mass is 35.5. The molecule has 0 spiro atoms. The molecule has 0 N–H and O–H groups in total. The molecular weight excluding hydrogens is 226 g/mol. The van der Waals surface area contributed by atoms with Gasteiger partial charge in [-0.05, 0) is 39.5 Å². The second-order valence-corrected chi connectivity index (χ2v) is 4.90. The third-order valence-electron chi connectivity index (χ3n) is 2.89. The van der Waals surface area contributed by atoms with E-state index < -0.39 is 0 Å². The molecule has 1 rings (SSSR count). The first-order chi connectivity index (χ1) is 7.66. The average molecular weight is 248 g/mol. The van der Waals surface area contributed by atoms with E-state index in [1.54, 1.807) is 0 Å². The molecule has 16 heavy (non-hydrogen) atoms. The Labute approximate surface area is 103 Å². The lowest BCUT2D eigenvalue weighted by atomic mass is 10.1. The number of rotatable bonds is 5. The van der Waals surface area contributed by atoms with Crippen LogP contribution in [0.25, 0.3) is 0 Å². The molecule has 1 atom stereocenters. The number of ether oxygens (including phenoxy) is 1. The zero-order valence-electron chi connectivity index (χ0n) is 10.2. The molecule has 0 aliphatic carbocycles. The number of carbonyl (C=O) groups excluding carboxylic acids is 1. The molecule has 1 aliphatic heterocycles. The number of hydrogen-bond donors (Lipinski definition) is 0. The predicted molar refractivity (Wildman–Crippen MR) is 65.8 cm³/mol. The van der Waals surface area contributed by atoms with Crippen LogP contribution in [0, 0.1) is 0 Å². The number of halogens is 1. The molecule has 3 nitrogen and oxygen atoms in total. The summed E-state index contributed by atoms with van der Waals surface area (Å²) in [4.78, 5) is 14.1. The van der Waals surface area contributed by atoms with Crippen molar-refractivity contribution >= 4 is 17.5 Å². The van der Waals surface area contributed by atoms with Crippen molar-refractivity contribution in [2.45, 2.75) is 51.7 Å². The van der Waals surface area contributed by atoms with Crippen LogP contribution in [0.5, 0.6) is 0 Å². The second-order valence-electron chi connectivity index (χ2n) is 4.52. The van der Waals surface area contributed by atoms with E-state index in [0.29, 0.717) is 5.88 Å². The van der Waals surface area contributed by atoms with Gasteiger partial charge in [-0.3, -0.25) is 4.79 Å².